The van der Waals surface area contributed by atoms with E-state index in [1.54, 1.807) is 0 Å². The first kappa shape index (κ1) is 5.82. The fourth-order valence-corrected chi connectivity index (χ4v) is 0.156. The van der Waals surface area contributed by atoms with Gasteiger partial charge >= 0.3 is 0 Å². The SMILES string of the molecule is CC(S)C=NO. The molecule has 2 nitrogen and oxygen atoms in total. The monoisotopic (exact) mass is 105 g/mol. The minimum absolute atomic E-state index is 0.0509. The second-order valence-corrected chi connectivity index (χ2v) is 1.82. The van der Waals surface area contributed by atoms with Crippen molar-refractivity contribution in [2.75, 3.05) is 0 Å². The molecule has 1 unspecified atom stereocenters. The molecule has 0 aromatic carbocycles. The van der Waals surface area contributed by atoms with Crippen LogP contribution in [0.25, 0.3) is 0 Å². The van der Waals surface area contributed by atoms with Crippen molar-refractivity contribution in [1.29, 1.82) is 0 Å². The van der Waals surface area contributed by atoms with E-state index in [1.165, 1.54) is 6.21 Å². The van der Waals surface area contributed by atoms with E-state index in [0.717, 1.165) is 0 Å². The molecule has 0 aliphatic heterocycles. The van der Waals surface area contributed by atoms with Crippen molar-refractivity contribution >= 4 is 18.8 Å². The number of nitrogens with zero attached hydrogens (tertiary/aromatic N) is 1. The first-order chi connectivity index (χ1) is 2.77. The molecular weight excluding hydrogens is 98.1 g/mol. The van der Waals surface area contributed by atoms with E-state index in [-0.39, 0.29) is 5.25 Å². The highest BCUT2D eigenvalue weighted by Gasteiger charge is 1.80. The Labute approximate surface area is 42.3 Å². The maximum absolute atomic E-state index is 7.76. The molecule has 0 amide bonds. The number of hydrogen-bond donors (Lipinski definition) is 2. The maximum Gasteiger partial charge on any atom is 0.0560 e. The van der Waals surface area contributed by atoms with E-state index >= 15 is 0 Å². The van der Waals surface area contributed by atoms with Gasteiger partial charge in [0, 0.05) is 5.25 Å². The van der Waals surface area contributed by atoms with Gasteiger partial charge in [-0.3, -0.25) is 0 Å². The summed E-state index contributed by atoms with van der Waals surface area (Å²) in [5.41, 5.74) is 0. The molecule has 36 valence electrons. The number of hydrogen-bond acceptors (Lipinski definition) is 3. The highest BCUT2D eigenvalue weighted by molar-refractivity contribution is 7.81. The summed E-state index contributed by atoms with van der Waals surface area (Å²) in [6.45, 7) is 1.81. The lowest BCUT2D eigenvalue weighted by Crippen LogP contribution is -1.88. The topological polar surface area (TPSA) is 32.6 Å². The molecule has 0 aliphatic rings. The van der Waals surface area contributed by atoms with E-state index in [0.29, 0.717) is 0 Å². The zero-order valence-corrected chi connectivity index (χ0v) is 4.39. The van der Waals surface area contributed by atoms with Gasteiger partial charge in [0.2, 0.25) is 0 Å². The summed E-state index contributed by atoms with van der Waals surface area (Å²) in [7, 11) is 0. The van der Waals surface area contributed by atoms with Crippen molar-refractivity contribution in [3.05, 3.63) is 0 Å². The minimum Gasteiger partial charge on any atom is -0.411 e. The van der Waals surface area contributed by atoms with Gasteiger partial charge in [0.05, 0.1) is 6.21 Å². The Bertz CT molecular complexity index is 52.8. The lowest BCUT2D eigenvalue weighted by molar-refractivity contribution is 0.321. The number of rotatable bonds is 1. The Hall–Kier alpha value is -0.180. The largest absolute Gasteiger partial charge is 0.411 e. The Morgan fingerprint density at radius 1 is 2.00 bits per heavy atom. The highest BCUT2D eigenvalue weighted by Crippen LogP contribution is 1.83. The molecular formula is C3H7NOS. The minimum atomic E-state index is 0.0509. The first-order valence-electron chi connectivity index (χ1n) is 1.63. The summed E-state index contributed by atoms with van der Waals surface area (Å²) >= 11 is 3.87. The molecule has 0 radical (unpaired) electrons. The second-order valence-electron chi connectivity index (χ2n) is 1.01. The number of oxime groups is 1. The van der Waals surface area contributed by atoms with Gasteiger partial charge in [-0.05, 0) is 6.92 Å². The van der Waals surface area contributed by atoms with E-state index < -0.39 is 0 Å². The number of thiol groups is 1. The van der Waals surface area contributed by atoms with Crippen molar-refractivity contribution in [1.82, 2.24) is 0 Å². The van der Waals surface area contributed by atoms with E-state index in [4.69, 9.17) is 5.21 Å². The average Bonchev–Trinajstić information content (AvgIpc) is 1.35. The van der Waals surface area contributed by atoms with Crippen molar-refractivity contribution in [2.24, 2.45) is 5.16 Å². The molecule has 0 saturated carbocycles. The molecule has 3 heteroatoms. The van der Waals surface area contributed by atoms with Gasteiger partial charge in [0.25, 0.3) is 0 Å². The van der Waals surface area contributed by atoms with Crippen LogP contribution in [0.3, 0.4) is 0 Å². The van der Waals surface area contributed by atoms with Crippen molar-refractivity contribution in [3.8, 4) is 0 Å². The summed E-state index contributed by atoms with van der Waals surface area (Å²) in [6.07, 6.45) is 1.34. The summed E-state index contributed by atoms with van der Waals surface area (Å²) in [5.74, 6) is 0. The zero-order chi connectivity index (χ0) is 4.99. The molecule has 0 bridgehead atoms. The Balaban J connectivity index is 3.03. The van der Waals surface area contributed by atoms with Crippen LogP contribution in [0, 0.1) is 0 Å². The normalized spacial score (nSPS) is 15.7. The van der Waals surface area contributed by atoms with Crippen LogP contribution in [0.2, 0.25) is 0 Å². The predicted octanol–water partition coefficient (Wildman–Crippen LogP) is 0.765. The van der Waals surface area contributed by atoms with Crippen molar-refractivity contribution in [3.63, 3.8) is 0 Å². The zero-order valence-electron chi connectivity index (χ0n) is 3.50. The van der Waals surface area contributed by atoms with Crippen molar-refractivity contribution < 1.29 is 5.21 Å². The Morgan fingerprint density at radius 3 is 2.50 bits per heavy atom. The van der Waals surface area contributed by atoms with Gasteiger partial charge < -0.3 is 5.21 Å². The summed E-state index contributed by atoms with van der Waals surface area (Å²) < 4.78 is 0. The molecule has 0 aromatic rings. The smallest absolute Gasteiger partial charge is 0.0560 e. The van der Waals surface area contributed by atoms with Gasteiger partial charge in [0.1, 0.15) is 0 Å². The molecule has 1 atom stereocenters. The van der Waals surface area contributed by atoms with Crippen LogP contribution in [-0.4, -0.2) is 16.7 Å². The van der Waals surface area contributed by atoms with Crippen LogP contribution in [0.4, 0.5) is 0 Å². The van der Waals surface area contributed by atoms with Crippen molar-refractivity contribution in [2.45, 2.75) is 12.2 Å². The molecule has 0 aromatic heterocycles. The van der Waals surface area contributed by atoms with Gasteiger partial charge in [-0.1, -0.05) is 0 Å². The highest BCUT2D eigenvalue weighted by atomic mass is 32.1. The standard InChI is InChI=1S/C3H7NOS/c1-3(6)2-4-5/h2-3,5-6H,1H3. The van der Waals surface area contributed by atoms with Crippen LogP contribution in [0.5, 0.6) is 0 Å². The Morgan fingerprint density at radius 2 is 2.50 bits per heavy atom. The van der Waals surface area contributed by atoms with E-state index in [1.807, 2.05) is 6.92 Å². The molecule has 0 rings (SSSR count). The molecule has 6 heavy (non-hydrogen) atoms. The average molecular weight is 105 g/mol. The predicted molar refractivity (Wildman–Crippen MR) is 28.7 cm³/mol. The van der Waals surface area contributed by atoms with Gasteiger partial charge in [0.15, 0.2) is 0 Å². The third-order valence-corrected chi connectivity index (χ3v) is 0.416. The molecule has 0 fully saturated rings. The fraction of sp³-hybridized carbons (Fsp3) is 0.667. The van der Waals surface area contributed by atoms with E-state index in [9.17, 15) is 0 Å². The quantitative estimate of drug-likeness (QED) is 0.219. The van der Waals surface area contributed by atoms with Gasteiger partial charge in [-0.25, -0.2) is 0 Å². The van der Waals surface area contributed by atoms with Crippen LogP contribution >= 0.6 is 12.6 Å². The summed E-state index contributed by atoms with van der Waals surface area (Å²) in [4.78, 5) is 0. The Kier molecular flexibility index (Phi) is 2.94. The molecule has 0 aliphatic carbocycles. The fourth-order valence-electron chi connectivity index (χ4n) is 0.0965. The molecule has 0 spiro atoms. The van der Waals surface area contributed by atoms with Crippen LogP contribution < -0.4 is 0 Å². The maximum atomic E-state index is 7.76. The van der Waals surface area contributed by atoms with Gasteiger partial charge in [-0.2, -0.15) is 12.6 Å². The third-order valence-electron chi connectivity index (χ3n) is 0.282. The van der Waals surface area contributed by atoms with Crippen LogP contribution in [-0.2, 0) is 0 Å². The molecule has 0 saturated heterocycles. The molecule has 1 N–H and O–H groups in total. The van der Waals surface area contributed by atoms with Gasteiger partial charge in [-0.15, -0.1) is 5.16 Å². The lowest BCUT2D eigenvalue weighted by Gasteiger charge is -1.83. The van der Waals surface area contributed by atoms with E-state index in [2.05, 4.69) is 17.8 Å². The summed E-state index contributed by atoms with van der Waals surface area (Å²) in [5, 5.41) is 10.5. The lowest BCUT2D eigenvalue weighted by atomic mass is 10.5. The second kappa shape index (κ2) is 3.03. The third kappa shape index (κ3) is 3.82. The molecule has 0 heterocycles. The summed E-state index contributed by atoms with van der Waals surface area (Å²) in [6, 6.07) is 0. The van der Waals surface area contributed by atoms with Crippen LogP contribution in [0.1, 0.15) is 6.92 Å². The van der Waals surface area contributed by atoms with Crippen LogP contribution in [0.15, 0.2) is 5.16 Å². The first-order valence-corrected chi connectivity index (χ1v) is 2.14.